The predicted molar refractivity (Wildman–Crippen MR) is 286 cm³/mol. The van der Waals surface area contributed by atoms with Crippen molar-refractivity contribution in [3.05, 3.63) is 144 Å². The van der Waals surface area contributed by atoms with Crippen LogP contribution in [0.5, 0.6) is 23.0 Å². The second-order valence-corrected chi connectivity index (χ2v) is 22.6. The summed E-state index contributed by atoms with van der Waals surface area (Å²) >= 11 is 0. The fourth-order valence-corrected chi connectivity index (χ4v) is 11.4. The van der Waals surface area contributed by atoms with Gasteiger partial charge < -0.3 is 29.6 Å². The van der Waals surface area contributed by atoms with E-state index in [1.165, 1.54) is 28.4 Å². The average Bonchev–Trinajstić information content (AvgIpc) is 4.04. The Morgan fingerprint density at radius 1 is 0.487 bits per heavy atom. The van der Waals surface area contributed by atoms with Crippen LogP contribution in [0.25, 0.3) is 34.2 Å². The Labute approximate surface area is 442 Å². The maximum absolute atomic E-state index is 13.8. The molecule has 24 heteroatoms. The van der Waals surface area contributed by atoms with Crippen LogP contribution in [0, 0.1) is 27.7 Å². The largest absolute Gasteiger partial charge is 0.494 e. The van der Waals surface area contributed by atoms with Crippen LogP contribution in [-0.2, 0) is 31.2 Å². The van der Waals surface area contributed by atoms with Crippen molar-refractivity contribution in [2.75, 3.05) is 42.5 Å². The van der Waals surface area contributed by atoms with E-state index in [0.29, 0.717) is 68.8 Å². The Bertz CT molecular complexity index is 3230. The third-order valence-electron chi connectivity index (χ3n) is 12.5. The minimum Gasteiger partial charge on any atom is -0.494 e. The second kappa shape index (κ2) is 24.3. The van der Waals surface area contributed by atoms with Gasteiger partial charge in [-0.25, -0.2) is 36.8 Å². The fraction of sp³-hybridized carbons (Fsp3) is 0.346. The molecule has 0 unspecified atom stereocenters. The molecule has 0 aliphatic carbocycles. The molecule has 8 aromatic rings. The highest BCUT2D eigenvalue weighted by Crippen LogP contribution is 2.39. The van der Waals surface area contributed by atoms with E-state index in [9.17, 15) is 16.8 Å². The van der Waals surface area contributed by atoms with E-state index in [4.69, 9.17) is 18.9 Å². The van der Waals surface area contributed by atoms with Gasteiger partial charge in [-0.05, 0) is 114 Å². The minimum absolute atomic E-state index is 0.204. The van der Waals surface area contributed by atoms with Crippen molar-refractivity contribution >= 4 is 19.7 Å². The lowest BCUT2D eigenvalue weighted by molar-refractivity contribution is 0.390. The molecule has 76 heavy (non-hydrogen) atoms. The van der Waals surface area contributed by atoms with Crippen LogP contribution < -0.4 is 29.6 Å². The molecule has 6 heterocycles. The lowest BCUT2D eigenvalue weighted by Crippen LogP contribution is -2.36. The van der Waals surface area contributed by atoms with Gasteiger partial charge in [0, 0.05) is 60.7 Å². The number of hydrogen-bond donors (Lipinski definition) is 2. The molecule has 4 atom stereocenters. The van der Waals surface area contributed by atoms with E-state index in [-0.39, 0.29) is 11.6 Å². The highest BCUT2D eigenvalue weighted by molar-refractivity contribution is 7.91. The van der Waals surface area contributed by atoms with Gasteiger partial charge in [0.15, 0.2) is 43.0 Å². The third kappa shape index (κ3) is 12.1. The summed E-state index contributed by atoms with van der Waals surface area (Å²) in [5.41, 5.74) is 5.93. The first-order chi connectivity index (χ1) is 36.4. The van der Waals surface area contributed by atoms with Crippen LogP contribution in [0.15, 0.2) is 98.1 Å². The zero-order chi connectivity index (χ0) is 54.9. The molecule has 0 aliphatic rings. The van der Waals surface area contributed by atoms with Gasteiger partial charge in [-0.2, -0.15) is 0 Å². The number of aromatic nitrogens is 12. The lowest BCUT2D eigenvalue weighted by atomic mass is 10.2. The Balaban J connectivity index is 0.000000221. The normalized spacial score (nSPS) is 13.2. The fourth-order valence-electron chi connectivity index (χ4n) is 8.43. The highest BCUT2D eigenvalue weighted by atomic mass is 32.2. The molecule has 0 saturated heterocycles. The Morgan fingerprint density at radius 2 is 0.816 bits per heavy atom. The summed E-state index contributed by atoms with van der Waals surface area (Å²) in [7, 11) is 1.93. The molecular formula is C52H62N14O8S2. The molecule has 0 fully saturated rings. The smallest absolute Gasteiger partial charge is 0.170 e. The highest BCUT2D eigenvalue weighted by Gasteiger charge is 2.36. The number of hydrogen-bond acceptors (Lipinski definition) is 20. The van der Waals surface area contributed by atoms with Gasteiger partial charge in [0.1, 0.15) is 57.5 Å². The Morgan fingerprint density at radius 3 is 1.11 bits per heavy atom. The summed E-state index contributed by atoms with van der Waals surface area (Å²) in [6, 6.07) is 13.2. The molecule has 2 aromatic carbocycles. The molecule has 0 saturated carbocycles. The second-order valence-electron chi connectivity index (χ2n) is 17.9. The van der Waals surface area contributed by atoms with Crippen LogP contribution in [0.4, 0.5) is 0 Å². The zero-order valence-corrected chi connectivity index (χ0v) is 46.0. The van der Waals surface area contributed by atoms with Crippen LogP contribution >= 0.6 is 0 Å². The SMILES string of the molecule is CN[C@@H](c1ncc(C)cn1)[C@H](C)S(=O)(=O)Cc1nnc(-c2cncc(C)c2)n1-c1c(OC)cccc1OC.CN[C@H](c1ncc(C)cn1)[C@@H](C)S(=O)(=O)Cc1nnc(-c2cncc(C)c2)n1-c1c(OC)cccc1OC. The first kappa shape index (κ1) is 55.9. The van der Waals surface area contributed by atoms with Crippen molar-refractivity contribution in [3.63, 3.8) is 0 Å². The molecule has 8 rings (SSSR count). The standard InChI is InChI=1S/2C26H31N7O4S/c2*1-16-10-19(14-28-11-16)26-32-31-22(33(26)24-20(36-5)8-7-9-21(24)37-6)15-38(34,35)18(3)23(27-4)25-29-12-17(2)13-30-25/h2*7-14,18,23,27H,15H2,1-6H3/t2*18-,23+/m10/s1. The Kier molecular flexibility index (Phi) is 17.8. The molecule has 0 spiro atoms. The number of aryl methyl sites for hydroxylation is 4. The number of ether oxygens (including phenoxy) is 4. The van der Waals surface area contributed by atoms with Crippen molar-refractivity contribution in [1.82, 2.24) is 70.1 Å². The van der Waals surface area contributed by atoms with E-state index in [1.807, 2.05) is 39.8 Å². The van der Waals surface area contributed by atoms with Crippen LogP contribution in [-0.4, -0.2) is 129 Å². The molecule has 6 aromatic heterocycles. The van der Waals surface area contributed by atoms with E-state index in [2.05, 4.69) is 60.9 Å². The van der Waals surface area contributed by atoms with E-state index in [1.54, 1.807) is 123 Å². The van der Waals surface area contributed by atoms with Crippen molar-refractivity contribution in [2.24, 2.45) is 0 Å². The molecule has 0 aliphatic heterocycles. The summed E-state index contributed by atoms with van der Waals surface area (Å²) < 4.78 is 81.0. The van der Waals surface area contributed by atoms with Gasteiger partial charge >= 0.3 is 0 Å². The van der Waals surface area contributed by atoms with Crippen LogP contribution in [0.1, 0.15) is 71.5 Å². The summed E-state index contributed by atoms with van der Waals surface area (Å²) in [5.74, 6) is 3.11. The van der Waals surface area contributed by atoms with Crippen molar-refractivity contribution < 1.29 is 35.8 Å². The minimum atomic E-state index is -3.79. The van der Waals surface area contributed by atoms with Crippen LogP contribution in [0.3, 0.4) is 0 Å². The summed E-state index contributed by atoms with van der Waals surface area (Å²) in [4.78, 5) is 25.9. The first-order valence-electron chi connectivity index (χ1n) is 23.9. The molecule has 22 nitrogen and oxygen atoms in total. The number of benzene rings is 2. The molecule has 0 bridgehead atoms. The van der Waals surface area contributed by atoms with Gasteiger partial charge in [-0.15, -0.1) is 20.4 Å². The number of para-hydroxylation sites is 2. The van der Waals surface area contributed by atoms with E-state index < -0.39 is 53.8 Å². The van der Waals surface area contributed by atoms with Crippen molar-refractivity contribution in [1.29, 1.82) is 0 Å². The van der Waals surface area contributed by atoms with E-state index >= 15 is 0 Å². The lowest BCUT2D eigenvalue weighted by Gasteiger charge is -2.23. The van der Waals surface area contributed by atoms with Crippen molar-refractivity contribution in [3.8, 4) is 57.1 Å². The predicted octanol–water partition coefficient (Wildman–Crippen LogP) is 6.03. The maximum Gasteiger partial charge on any atom is 0.170 e. The van der Waals surface area contributed by atoms with Gasteiger partial charge in [-0.1, -0.05) is 12.1 Å². The molecular weight excluding hydrogens is 1010 g/mol. The van der Waals surface area contributed by atoms with Gasteiger partial charge in [0.2, 0.25) is 0 Å². The van der Waals surface area contributed by atoms with Gasteiger partial charge in [0.05, 0.1) is 51.0 Å². The monoisotopic (exact) mass is 1070 g/mol. The number of sulfone groups is 2. The van der Waals surface area contributed by atoms with Gasteiger partial charge in [0.25, 0.3) is 0 Å². The van der Waals surface area contributed by atoms with Gasteiger partial charge in [-0.3, -0.25) is 19.1 Å². The molecule has 2 N–H and O–H groups in total. The molecule has 0 amide bonds. The molecule has 0 radical (unpaired) electrons. The topological polar surface area (TPSA) is 268 Å². The Hall–Kier alpha value is -7.80. The summed E-state index contributed by atoms with van der Waals surface area (Å²) in [5, 5.41) is 21.8. The number of pyridine rings is 2. The summed E-state index contributed by atoms with van der Waals surface area (Å²) in [6.45, 7) is 10.8. The number of methoxy groups -OCH3 is 4. The number of rotatable bonds is 20. The number of nitrogens with zero attached hydrogens (tertiary/aromatic N) is 12. The van der Waals surface area contributed by atoms with Crippen molar-refractivity contribution in [2.45, 2.75) is 75.6 Å². The quantitative estimate of drug-likeness (QED) is 0.0881. The number of nitrogens with one attached hydrogen (secondary N) is 2. The van der Waals surface area contributed by atoms with E-state index in [0.717, 1.165) is 22.3 Å². The summed E-state index contributed by atoms with van der Waals surface area (Å²) in [6.07, 6.45) is 13.4. The first-order valence-corrected chi connectivity index (χ1v) is 27.3. The zero-order valence-electron chi connectivity index (χ0n) is 44.4. The average molecular weight is 1080 g/mol. The van der Waals surface area contributed by atoms with Crippen LogP contribution in [0.2, 0.25) is 0 Å². The third-order valence-corrected chi connectivity index (χ3v) is 16.6. The maximum atomic E-state index is 13.8. The molecule has 400 valence electrons.